The molecular weight excluding hydrogens is 356 g/mol. The van der Waals surface area contributed by atoms with E-state index in [0.29, 0.717) is 5.13 Å². The molecule has 0 aliphatic carbocycles. The van der Waals surface area contributed by atoms with Gasteiger partial charge in [0, 0.05) is 49.4 Å². The van der Waals surface area contributed by atoms with Crippen LogP contribution in [0.4, 0.5) is 5.13 Å². The zero-order valence-corrected chi connectivity index (χ0v) is 15.7. The molecule has 136 valence electrons. The molecule has 0 atom stereocenters. The summed E-state index contributed by atoms with van der Waals surface area (Å²) in [6.07, 6.45) is 7.60. The standard InChI is InChI=1S/C21H20N4OS/c26-20(9-8-16-7-4-11-22-13-16)24-21-23-18-10-12-25(15-19(18)27-21)14-17-5-2-1-3-6-17/h1-9,11,13H,10,12,14-15H2,(H,23,24,26)/b9-8+. The molecule has 27 heavy (non-hydrogen) atoms. The molecule has 0 unspecified atom stereocenters. The van der Waals surface area contributed by atoms with Crippen LogP contribution in [0.1, 0.15) is 21.7 Å². The number of fused-ring (bicyclic) bond motifs is 1. The van der Waals surface area contributed by atoms with E-state index < -0.39 is 0 Å². The van der Waals surface area contributed by atoms with Crippen LogP contribution in [0, 0.1) is 0 Å². The Morgan fingerprint density at radius 1 is 1.22 bits per heavy atom. The topological polar surface area (TPSA) is 58.1 Å². The third-order valence-electron chi connectivity index (χ3n) is 4.40. The van der Waals surface area contributed by atoms with Crippen molar-refractivity contribution in [2.75, 3.05) is 11.9 Å². The third kappa shape index (κ3) is 4.67. The first-order chi connectivity index (χ1) is 13.3. The second-order valence-corrected chi connectivity index (χ2v) is 7.53. The van der Waals surface area contributed by atoms with Crippen LogP contribution in [0.15, 0.2) is 60.9 Å². The molecule has 5 nitrogen and oxygen atoms in total. The summed E-state index contributed by atoms with van der Waals surface area (Å²) >= 11 is 1.57. The van der Waals surface area contributed by atoms with Gasteiger partial charge in [-0.15, -0.1) is 11.3 Å². The Balaban J connectivity index is 1.37. The van der Waals surface area contributed by atoms with E-state index >= 15 is 0 Å². The van der Waals surface area contributed by atoms with E-state index in [0.717, 1.165) is 37.3 Å². The number of carbonyl (C=O) groups excluding carboxylic acids is 1. The molecule has 0 radical (unpaired) electrons. The number of anilines is 1. The summed E-state index contributed by atoms with van der Waals surface area (Å²) in [4.78, 5) is 24.4. The Hall–Kier alpha value is -2.83. The predicted octanol–water partition coefficient (Wildman–Crippen LogP) is 3.75. The third-order valence-corrected chi connectivity index (χ3v) is 5.40. The Labute approximate surface area is 162 Å². The largest absolute Gasteiger partial charge is 0.298 e. The van der Waals surface area contributed by atoms with Crippen LogP contribution in [0.3, 0.4) is 0 Å². The van der Waals surface area contributed by atoms with Gasteiger partial charge < -0.3 is 0 Å². The molecule has 0 saturated heterocycles. The molecule has 6 heteroatoms. The van der Waals surface area contributed by atoms with Gasteiger partial charge in [-0.1, -0.05) is 36.4 Å². The van der Waals surface area contributed by atoms with E-state index in [9.17, 15) is 4.79 Å². The molecule has 3 aromatic rings. The smallest absolute Gasteiger partial charge is 0.250 e. The van der Waals surface area contributed by atoms with Gasteiger partial charge in [0.15, 0.2) is 5.13 Å². The van der Waals surface area contributed by atoms with Gasteiger partial charge in [0.1, 0.15) is 0 Å². The number of hydrogen-bond donors (Lipinski definition) is 1. The summed E-state index contributed by atoms with van der Waals surface area (Å²) in [6.45, 7) is 2.80. The first-order valence-corrected chi connectivity index (χ1v) is 9.72. The van der Waals surface area contributed by atoms with Crippen molar-refractivity contribution in [3.05, 3.63) is 82.6 Å². The molecule has 2 aromatic heterocycles. The van der Waals surface area contributed by atoms with E-state index in [4.69, 9.17) is 0 Å². The quantitative estimate of drug-likeness (QED) is 0.689. The van der Waals surface area contributed by atoms with E-state index in [2.05, 4.69) is 44.5 Å². The lowest BCUT2D eigenvalue weighted by atomic mass is 10.1. The number of carbonyl (C=O) groups is 1. The fourth-order valence-electron chi connectivity index (χ4n) is 3.07. The molecular formula is C21H20N4OS. The zero-order valence-electron chi connectivity index (χ0n) is 14.8. The normalized spacial score (nSPS) is 14.2. The summed E-state index contributed by atoms with van der Waals surface area (Å²) in [5, 5.41) is 3.55. The average Bonchev–Trinajstić information content (AvgIpc) is 3.09. The highest BCUT2D eigenvalue weighted by Crippen LogP contribution is 2.29. The van der Waals surface area contributed by atoms with Crippen LogP contribution in [-0.2, 0) is 24.3 Å². The lowest BCUT2D eigenvalue weighted by Crippen LogP contribution is -2.29. The van der Waals surface area contributed by atoms with Crippen molar-refractivity contribution in [1.29, 1.82) is 0 Å². The van der Waals surface area contributed by atoms with Gasteiger partial charge in [0.05, 0.1) is 5.69 Å². The van der Waals surface area contributed by atoms with E-state index in [-0.39, 0.29) is 5.91 Å². The number of rotatable bonds is 5. The lowest BCUT2D eigenvalue weighted by molar-refractivity contribution is -0.111. The summed E-state index contributed by atoms with van der Waals surface area (Å²) in [5.41, 5.74) is 3.32. The number of pyridine rings is 1. The van der Waals surface area contributed by atoms with Crippen molar-refractivity contribution in [3.8, 4) is 0 Å². The summed E-state index contributed by atoms with van der Waals surface area (Å²) in [6, 6.07) is 14.2. The Kier molecular flexibility index (Phi) is 5.37. The number of nitrogens with one attached hydrogen (secondary N) is 1. The minimum atomic E-state index is -0.175. The highest BCUT2D eigenvalue weighted by molar-refractivity contribution is 7.15. The maximum Gasteiger partial charge on any atom is 0.250 e. The number of amides is 1. The average molecular weight is 376 g/mol. The molecule has 0 fully saturated rings. The molecule has 4 rings (SSSR count). The first-order valence-electron chi connectivity index (χ1n) is 8.90. The summed E-state index contributed by atoms with van der Waals surface area (Å²) in [5.74, 6) is -0.175. The number of aromatic nitrogens is 2. The van der Waals surface area contributed by atoms with Crippen LogP contribution in [0.25, 0.3) is 6.08 Å². The van der Waals surface area contributed by atoms with Crippen LogP contribution in [0.2, 0.25) is 0 Å². The summed E-state index contributed by atoms with van der Waals surface area (Å²) < 4.78 is 0. The predicted molar refractivity (Wildman–Crippen MR) is 108 cm³/mol. The van der Waals surface area contributed by atoms with Gasteiger partial charge >= 0.3 is 0 Å². The van der Waals surface area contributed by atoms with Gasteiger partial charge in [-0.2, -0.15) is 0 Å². The number of nitrogens with zero attached hydrogens (tertiary/aromatic N) is 3. The second kappa shape index (κ2) is 8.24. The van der Waals surface area contributed by atoms with Crippen LogP contribution in [0.5, 0.6) is 0 Å². The molecule has 0 saturated carbocycles. The molecule has 1 amide bonds. The van der Waals surface area contributed by atoms with Crippen molar-refractivity contribution in [2.45, 2.75) is 19.5 Å². The van der Waals surface area contributed by atoms with Crippen molar-refractivity contribution in [1.82, 2.24) is 14.9 Å². The molecule has 1 aliphatic rings. The lowest BCUT2D eigenvalue weighted by Gasteiger charge is -2.25. The van der Waals surface area contributed by atoms with Crippen LogP contribution >= 0.6 is 11.3 Å². The molecule has 0 spiro atoms. The Morgan fingerprint density at radius 2 is 2.11 bits per heavy atom. The number of hydrogen-bond acceptors (Lipinski definition) is 5. The van der Waals surface area contributed by atoms with Gasteiger partial charge in [0.2, 0.25) is 5.91 Å². The van der Waals surface area contributed by atoms with Crippen molar-refractivity contribution >= 4 is 28.5 Å². The molecule has 1 N–H and O–H groups in total. The fraction of sp³-hybridized carbons (Fsp3) is 0.190. The SMILES string of the molecule is O=C(/C=C/c1cccnc1)Nc1nc2c(s1)CN(Cc1ccccc1)CC2. The van der Waals surface area contributed by atoms with Gasteiger partial charge in [0.25, 0.3) is 0 Å². The highest BCUT2D eigenvalue weighted by atomic mass is 32.1. The van der Waals surface area contributed by atoms with Gasteiger partial charge in [-0.05, 0) is 23.3 Å². The van der Waals surface area contributed by atoms with Crippen molar-refractivity contribution < 1.29 is 4.79 Å². The molecule has 3 heterocycles. The van der Waals surface area contributed by atoms with Crippen LogP contribution < -0.4 is 5.32 Å². The maximum absolute atomic E-state index is 12.1. The highest BCUT2D eigenvalue weighted by Gasteiger charge is 2.21. The van der Waals surface area contributed by atoms with Gasteiger partial charge in [-0.3, -0.25) is 20.0 Å². The number of benzene rings is 1. The van der Waals surface area contributed by atoms with Crippen molar-refractivity contribution in [2.24, 2.45) is 0 Å². The molecule has 0 bridgehead atoms. The Bertz CT molecular complexity index is 937. The molecule has 1 aromatic carbocycles. The van der Waals surface area contributed by atoms with Crippen molar-refractivity contribution in [3.63, 3.8) is 0 Å². The minimum Gasteiger partial charge on any atom is -0.298 e. The zero-order chi connectivity index (χ0) is 18.5. The Morgan fingerprint density at radius 3 is 2.93 bits per heavy atom. The first kappa shape index (κ1) is 17.6. The number of thiazole rings is 1. The molecule has 1 aliphatic heterocycles. The van der Waals surface area contributed by atoms with E-state index in [1.165, 1.54) is 16.5 Å². The van der Waals surface area contributed by atoms with E-state index in [1.807, 2.05) is 18.2 Å². The maximum atomic E-state index is 12.1. The van der Waals surface area contributed by atoms with Gasteiger partial charge in [-0.25, -0.2) is 4.98 Å². The second-order valence-electron chi connectivity index (χ2n) is 6.44. The van der Waals surface area contributed by atoms with E-state index in [1.54, 1.807) is 29.8 Å². The fourth-order valence-corrected chi connectivity index (χ4v) is 4.13. The minimum absolute atomic E-state index is 0.175. The monoisotopic (exact) mass is 376 g/mol. The summed E-state index contributed by atoms with van der Waals surface area (Å²) in [7, 11) is 0. The van der Waals surface area contributed by atoms with Crippen LogP contribution in [-0.4, -0.2) is 27.3 Å².